The number of carboxylic acids is 1. The summed E-state index contributed by atoms with van der Waals surface area (Å²) in [5.41, 5.74) is 0.964. The average molecular weight is 292 g/mol. The van der Waals surface area contributed by atoms with Gasteiger partial charge in [0.2, 0.25) is 0 Å². The van der Waals surface area contributed by atoms with Gasteiger partial charge in [0.1, 0.15) is 11.8 Å². The van der Waals surface area contributed by atoms with E-state index in [1.165, 1.54) is 0 Å². The van der Waals surface area contributed by atoms with Crippen LogP contribution in [0.3, 0.4) is 0 Å². The van der Waals surface area contributed by atoms with Crippen molar-refractivity contribution in [3.63, 3.8) is 0 Å². The van der Waals surface area contributed by atoms with Crippen LogP contribution in [0.15, 0.2) is 24.3 Å². The fraction of sp³-hybridized carbons (Fsp3) is 0.562. The zero-order chi connectivity index (χ0) is 15.2. The zero-order valence-electron chi connectivity index (χ0n) is 12.8. The SMILES string of the molecule is CCOc1ccccc1C[C@@H](C(=O)O)N1CCN(C)CC1. The zero-order valence-corrected chi connectivity index (χ0v) is 12.8. The molecule has 1 heterocycles. The monoisotopic (exact) mass is 292 g/mol. The Bertz CT molecular complexity index is 470. The Morgan fingerprint density at radius 2 is 1.95 bits per heavy atom. The van der Waals surface area contributed by atoms with E-state index in [0.717, 1.165) is 37.5 Å². The first-order valence-corrected chi connectivity index (χ1v) is 7.48. The number of hydrogen-bond acceptors (Lipinski definition) is 4. The Kier molecular flexibility index (Phi) is 5.59. The lowest BCUT2D eigenvalue weighted by Gasteiger charge is -2.36. The molecule has 1 N–H and O–H groups in total. The lowest BCUT2D eigenvalue weighted by Crippen LogP contribution is -2.52. The molecule has 1 aliphatic rings. The standard InChI is InChI=1S/C16H24N2O3/c1-3-21-15-7-5-4-6-13(15)12-14(16(19)20)18-10-8-17(2)9-11-18/h4-7,14H,3,8-12H2,1-2H3,(H,19,20)/t14-/m0/s1. The van der Waals surface area contributed by atoms with Gasteiger partial charge in [0, 0.05) is 32.6 Å². The Morgan fingerprint density at radius 3 is 2.57 bits per heavy atom. The summed E-state index contributed by atoms with van der Waals surface area (Å²) in [6.45, 7) is 5.94. The van der Waals surface area contributed by atoms with Crippen LogP contribution in [0, 0.1) is 0 Å². The summed E-state index contributed by atoms with van der Waals surface area (Å²) in [6.07, 6.45) is 0.481. The largest absolute Gasteiger partial charge is 0.494 e. The van der Waals surface area contributed by atoms with Crippen molar-refractivity contribution in [1.29, 1.82) is 0 Å². The van der Waals surface area contributed by atoms with Crippen LogP contribution < -0.4 is 4.74 Å². The summed E-state index contributed by atoms with van der Waals surface area (Å²) in [5.74, 6) is 0.0335. The van der Waals surface area contributed by atoms with E-state index in [1.807, 2.05) is 31.2 Å². The molecule has 0 aromatic heterocycles. The van der Waals surface area contributed by atoms with Crippen LogP contribution in [0.25, 0.3) is 0 Å². The molecule has 2 rings (SSSR count). The molecule has 0 aliphatic carbocycles. The highest BCUT2D eigenvalue weighted by atomic mass is 16.5. The molecule has 0 bridgehead atoms. The van der Waals surface area contributed by atoms with Crippen molar-refractivity contribution in [2.75, 3.05) is 39.8 Å². The molecular weight excluding hydrogens is 268 g/mol. The maximum Gasteiger partial charge on any atom is 0.321 e. The molecule has 0 saturated carbocycles. The van der Waals surface area contributed by atoms with E-state index in [0.29, 0.717) is 13.0 Å². The van der Waals surface area contributed by atoms with Crippen molar-refractivity contribution >= 4 is 5.97 Å². The summed E-state index contributed by atoms with van der Waals surface area (Å²) in [6, 6.07) is 7.22. The molecule has 1 aliphatic heterocycles. The molecule has 21 heavy (non-hydrogen) atoms. The van der Waals surface area contributed by atoms with E-state index < -0.39 is 12.0 Å². The van der Waals surface area contributed by atoms with Gasteiger partial charge in [0.25, 0.3) is 0 Å². The van der Waals surface area contributed by atoms with Gasteiger partial charge in [-0.2, -0.15) is 0 Å². The van der Waals surface area contributed by atoms with Gasteiger partial charge in [-0.05, 0) is 25.6 Å². The van der Waals surface area contributed by atoms with Crippen molar-refractivity contribution in [2.45, 2.75) is 19.4 Å². The second kappa shape index (κ2) is 7.43. The lowest BCUT2D eigenvalue weighted by atomic mass is 10.0. The first kappa shape index (κ1) is 15.8. The summed E-state index contributed by atoms with van der Waals surface area (Å²) in [5, 5.41) is 9.58. The quantitative estimate of drug-likeness (QED) is 0.857. The van der Waals surface area contributed by atoms with E-state index in [-0.39, 0.29) is 0 Å². The molecular formula is C16H24N2O3. The number of likely N-dealkylation sites (N-methyl/N-ethyl adjacent to an activating group) is 1. The van der Waals surface area contributed by atoms with Gasteiger partial charge in [0.05, 0.1) is 6.61 Å². The van der Waals surface area contributed by atoms with Crippen molar-refractivity contribution in [1.82, 2.24) is 9.80 Å². The Hall–Kier alpha value is -1.59. The number of carboxylic acid groups (broad SMARTS) is 1. The molecule has 1 aromatic carbocycles. The smallest absolute Gasteiger partial charge is 0.321 e. The molecule has 1 fully saturated rings. The number of ether oxygens (including phenoxy) is 1. The van der Waals surface area contributed by atoms with Crippen LogP contribution in [0.5, 0.6) is 5.75 Å². The third kappa shape index (κ3) is 4.19. The highest BCUT2D eigenvalue weighted by molar-refractivity contribution is 5.74. The van der Waals surface area contributed by atoms with Crippen molar-refractivity contribution in [2.24, 2.45) is 0 Å². The molecule has 5 heteroatoms. The maximum absolute atomic E-state index is 11.7. The number of benzene rings is 1. The van der Waals surface area contributed by atoms with Crippen LogP contribution in [-0.2, 0) is 11.2 Å². The Balaban J connectivity index is 2.11. The normalized spacial score (nSPS) is 18.4. The van der Waals surface area contributed by atoms with E-state index in [4.69, 9.17) is 4.74 Å². The summed E-state index contributed by atoms with van der Waals surface area (Å²) < 4.78 is 5.60. The number of nitrogens with zero attached hydrogens (tertiary/aromatic N) is 2. The molecule has 116 valence electrons. The van der Waals surface area contributed by atoms with Gasteiger partial charge in [-0.15, -0.1) is 0 Å². The number of carbonyl (C=O) groups is 1. The van der Waals surface area contributed by atoms with Crippen LogP contribution in [0.1, 0.15) is 12.5 Å². The highest BCUT2D eigenvalue weighted by Gasteiger charge is 2.28. The van der Waals surface area contributed by atoms with Crippen molar-refractivity contribution in [3.8, 4) is 5.75 Å². The van der Waals surface area contributed by atoms with E-state index >= 15 is 0 Å². The second-order valence-corrected chi connectivity index (χ2v) is 5.44. The lowest BCUT2D eigenvalue weighted by molar-refractivity contribution is -0.144. The molecule has 1 saturated heterocycles. The van der Waals surface area contributed by atoms with Gasteiger partial charge in [-0.1, -0.05) is 18.2 Å². The van der Waals surface area contributed by atoms with Crippen LogP contribution >= 0.6 is 0 Å². The van der Waals surface area contributed by atoms with Gasteiger partial charge in [-0.25, -0.2) is 0 Å². The minimum Gasteiger partial charge on any atom is -0.494 e. The fourth-order valence-electron chi connectivity index (χ4n) is 2.68. The van der Waals surface area contributed by atoms with Gasteiger partial charge in [0.15, 0.2) is 0 Å². The minimum atomic E-state index is -0.758. The fourth-order valence-corrected chi connectivity index (χ4v) is 2.68. The van der Waals surface area contributed by atoms with Crippen LogP contribution in [0.2, 0.25) is 0 Å². The average Bonchev–Trinajstić information content (AvgIpc) is 2.47. The van der Waals surface area contributed by atoms with Gasteiger partial charge in [-0.3, -0.25) is 9.69 Å². The summed E-state index contributed by atoms with van der Waals surface area (Å²) >= 11 is 0. The molecule has 0 spiro atoms. The van der Waals surface area contributed by atoms with Crippen LogP contribution in [0.4, 0.5) is 0 Å². The molecule has 0 unspecified atom stereocenters. The number of aliphatic carboxylic acids is 1. The number of piperazine rings is 1. The van der Waals surface area contributed by atoms with Crippen molar-refractivity contribution < 1.29 is 14.6 Å². The molecule has 5 nitrogen and oxygen atoms in total. The topological polar surface area (TPSA) is 53.0 Å². The number of hydrogen-bond donors (Lipinski definition) is 1. The molecule has 0 radical (unpaired) electrons. The molecule has 1 aromatic rings. The maximum atomic E-state index is 11.7. The molecule has 0 amide bonds. The van der Waals surface area contributed by atoms with Gasteiger partial charge < -0.3 is 14.7 Å². The van der Waals surface area contributed by atoms with Crippen LogP contribution in [-0.4, -0.2) is 66.8 Å². The Labute approximate surface area is 126 Å². The van der Waals surface area contributed by atoms with E-state index in [1.54, 1.807) is 0 Å². The van der Waals surface area contributed by atoms with E-state index in [2.05, 4.69) is 16.8 Å². The van der Waals surface area contributed by atoms with Gasteiger partial charge >= 0.3 is 5.97 Å². The van der Waals surface area contributed by atoms with Crippen molar-refractivity contribution in [3.05, 3.63) is 29.8 Å². The first-order valence-electron chi connectivity index (χ1n) is 7.48. The highest BCUT2D eigenvalue weighted by Crippen LogP contribution is 2.22. The minimum absolute atomic E-state index is 0.481. The second-order valence-electron chi connectivity index (χ2n) is 5.44. The third-order valence-corrected chi connectivity index (χ3v) is 3.95. The third-order valence-electron chi connectivity index (χ3n) is 3.95. The first-order chi connectivity index (χ1) is 10.1. The summed E-state index contributed by atoms with van der Waals surface area (Å²) in [4.78, 5) is 15.9. The summed E-state index contributed by atoms with van der Waals surface area (Å²) in [7, 11) is 2.07. The Morgan fingerprint density at radius 1 is 1.29 bits per heavy atom. The molecule has 1 atom stereocenters. The predicted octanol–water partition coefficient (Wildman–Crippen LogP) is 1.33. The number of rotatable bonds is 6. The predicted molar refractivity (Wildman–Crippen MR) is 81.8 cm³/mol. The number of para-hydroxylation sites is 1. The van der Waals surface area contributed by atoms with E-state index in [9.17, 15) is 9.90 Å².